The third kappa shape index (κ3) is 6.40. The van der Waals surface area contributed by atoms with Gasteiger partial charge in [-0.1, -0.05) is 37.3 Å². The zero-order chi connectivity index (χ0) is 18.4. The van der Waals surface area contributed by atoms with Crippen molar-refractivity contribution in [1.82, 2.24) is 10.2 Å². The number of nitrogens with zero attached hydrogens (tertiary/aromatic N) is 1. The summed E-state index contributed by atoms with van der Waals surface area (Å²) in [6.45, 7) is 8.98. The second-order valence-corrected chi connectivity index (χ2v) is 7.84. The number of amides is 2. The number of likely N-dealkylation sites (tertiary alicyclic amines) is 1. The average molecular weight is 346 g/mol. The molecule has 1 heterocycles. The zero-order valence-electron chi connectivity index (χ0n) is 15.7. The smallest absolute Gasteiger partial charge is 0.407 e. The summed E-state index contributed by atoms with van der Waals surface area (Å²) < 4.78 is 5.32. The van der Waals surface area contributed by atoms with Crippen molar-refractivity contribution in [3.05, 3.63) is 35.9 Å². The molecule has 0 bridgehead atoms. The fourth-order valence-electron chi connectivity index (χ4n) is 3.10. The number of hydrogen-bond acceptors (Lipinski definition) is 3. The number of rotatable bonds is 4. The Bertz CT molecular complexity index is 580. The molecule has 2 atom stereocenters. The highest BCUT2D eigenvalue weighted by molar-refractivity contribution is 5.76. The summed E-state index contributed by atoms with van der Waals surface area (Å²) in [5.74, 6) is 0.397. The second-order valence-electron chi connectivity index (χ2n) is 7.84. The van der Waals surface area contributed by atoms with E-state index >= 15 is 0 Å². The van der Waals surface area contributed by atoms with Crippen molar-refractivity contribution in [3.63, 3.8) is 0 Å². The predicted molar refractivity (Wildman–Crippen MR) is 98.3 cm³/mol. The third-order valence-electron chi connectivity index (χ3n) is 4.43. The first kappa shape index (κ1) is 19.3. The summed E-state index contributed by atoms with van der Waals surface area (Å²) in [6, 6.07) is 10.1. The monoisotopic (exact) mass is 346 g/mol. The van der Waals surface area contributed by atoms with E-state index in [0.717, 1.165) is 12.8 Å². The number of piperidine rings is 1. The molecule has 0 spiro atoms. The first-order chi connectivity index (χ1) is 11.7. The van der Waals surface area contributed by atoms with Crippen molar-refractivity contribution >= 4 is 12.0 Å². The number of aryl methyl sites for hydroxylation is 1. The molecule has 0 saturated carbocycles. The fraction of sp³-hybridized carbons (Fsp3) is 0.600. The average Bonchev–Trinajstić information content (AvgIpc) is 2.53. The van der Waals surface area contributed by atoms with Crippen molar-refractivity contribution in [2.24, 2.45) is 5.92 Å². The summed E-state index contributed by atoms with van der Waals surface area (Å²) in [5.41, 5.74) is 0.687. The van der Waals surface area contributed by atoms with Crippen molar-refractivity contribution in [2.75, 3.05) is 13.1 Å². The maximum atomic E-state index is 12.4. The van der Waals surface area contributed by atoms with Gasteiger partial charge in [0.25, 0.3) is 0 Å². The van der Waals surface area contributed by atoms with E-state index in [1.54, 1.807) is 0 Å². The molecule has 25 heavy (non-hydrogen) atoms. The van der Waals surface area contributed by atoms with Gasteiger partial charge in [0.1, 0.15) is 5.60 Å². The highest BCUT2D eigenvalue weighted by Crippen LogP contribution is 2.19. The van der Waals surface area contributed by atoms with Crippen LogP contribution in [0.25, 0.3) is 0 Å². The van der Waals surface area contributed by atoms with Crippen LogP contribution in [-0.4, -0.2) is 41.6 Å². The largest absolute Gasteiger partial charge is 0.444 e. The van der Waals surface area contributed by atoms with Crippen molar-refractivity contribution in [3.8, 4) is 0 Å². The standard InChI is InChI=1S/C20H30N2O3/c1-15-14-22(18(23)11-10-16-8-6-5-7-9-16)13-12-17(15)21-19(24)25-20(2,3)4/h5-9,15,17H,10-14H2,1-4H3,(H,21,24)/t15-,17-/m0/s1. The van der Waals surface area contributed by atoms with E-state index in [-0.39, 0.29) is 24.0 Å². The van der Waals surface area contributed by atoms with Gasteiger partial charge in [-0.2, -0.15) is 0 Å². The molecule has 0 aliphatic carbocycles. The Labute approximate surface area is 150 Å². The van der Waals surface area contributed by atoms with Gasteiger partial charge in [0.2, 0.25) is 5.91 Å². The van der Waals surface area contributed by atoms with Crippen LogP contribution in [-0.2, 0) is 16.0 Å². The van der Waals surface area contributed by atoms with E-state index in [9.17, 15) is 9.59 Å². The van der Waals surface area contributed by atoms with E-state index < -0.39 is 5.60 Å². The molecule has 1 aromatic rings. The second kappa shape index (κ2) is 8.37. The van der Waals surface area contributed by atoms with Crippen LogP contribution in [0.2, 0.25) is 0 Å². The Balaban J connectivity index is 1.78. The number of alkyl carbamates (subject to hydrolysis) is 1. The van der Waals surface area contributed by atoms with Gasteiger partial charge in [0.05, 0.1) is 0 Å². The van der Waals surface area contributed by atoms with E-state index in [0.29, 0.717) is 19.5 Å². The number of hydrogen-bond donors (Lipinski definition) is 1. The van der Waals surface area contributed by atoms with Crippen molar-refractivity contribution in [2.45, 2.75) is 58.6 Å². The summed E-state index contributed by atoms with van der Waals surface area (Å²) in [6.07, 6.45) is 1.68. The minimum Gasteiger partial charge on any atom is -0.444 e. The van der Waals surface area contributed by atoms with Crippen LogP contribution in [0.3, 0.4) is 0 Å². The van der Waals surface area contributed by atoms with Gasteiger partial charge in [-0.05, 0) is 45.1 Å². The van der Waals surface area contributed by atoms with Crippen molar-refractivity contribution in [1.29, 1.82) is 0 Å². The zero-order valence-corrected chi connectivity index (χ0v) is 15.7. The molecule has 138 valence electrons. The predicted octanol–water partition coefficient (Wildman–Crippen LogP) is 3.38. The van der Waals surface area contributed by atoms with E-state index in [2.05, 4.69) is 12.2 Å². The Morgan fingerprint density at radius 3 is 2.52 bits per heavy atom. The van der Waals surface area contributed by atoms with Crippen LogP contribution < -0.4 is 5.32 Å². The molecule has 2 amide bonds. The molecule has 1 aliphatic rings. The number of nitrogens with one attached hydrogen (secondary N) is 1. The molecule has 5 nitrogen and oxygen atoms in total. The number of ether oxygens (including phenoxy) is 1. The normalized spacial score (nSPS) is 20.9. The lowest BCUT2D eigenvalue weighted by molar-refractivity contribution is -0.133. The van der Waals surface area contributed by atoms with Crippen LogP contribution >= 0.6 is 0 Å². The first-order valence-electron chi connectivity index (χ1n) is 9.06. The molecule has 0 unspecified atom stereocenters. The summed E-state index contributed by atoms with van der Waals surface area (Å²) in [5, 5.41) is 2.94. The van der Waals surface area contributed by atoms with Crippen LogP contribution in [0.1, 0.15) is 46.1 Å². The minimum absolute atomic E-state index is 0.0491. The lowest BCUT2D eigenvalue weighted by Crippen LogP contribution is -2.52. The lowest BCUT2D eigenvalue weighted by atomic mass is 9.93. The van der Waals surface area contributed by atoms with Crippen molar-refractivity contribution < 1.29 is 14.3 Å². The molecule has 2 rings (SSSR count). The molecule has 1 saturated heterocycles. The van der Waals surface area contributed by atoms with E-state index in [1.807, 2.05) is 56.0 Å². The maximum Gasteiger partial charge on any atom is 0.407 e. The number of carbonyl (C=O) groups is 2. The minimum atomic E-state index is -0.499. The SMILES string of the molecule is C[C@H]1CN(C(=O)CCc2ccccc2)CC[C@@H]1NC(=O)OC(C)(C)C. The molecule has 5 heteroatoms. The number of carbonyl (C=O) groups excluding carboxylic acids is 2. The van der Waals surface area contributed by atoms with E-state index in [1.165, 1.54) is 5.56 Å². The maximum absolute atomic E-state index is 12.4. The van der Waals surface area contributed by atoms with Gasteiger partial charge in [-0.25, -0.2) is 4.79 Å². The highest BCUT2D eigenvalue weighted by Gasteiger charge is 2.30. The Hall–Kier alpha value is -2.04. The van der Waals surface area contributed by atoms with Crippen LogP contribution in [0.4, 0.5) is 4.79 Å². The van der Waals surface area contributed by atoms with Gasteiger partial charge in [-0.3, -0.25) is 4.79 Å². The van der Waals surface area contributed by atoms with Gasteiger partial charge in [0.15, 0.2) is 0 Å². The fourth-order valence-corrected chi connectivity index (χ4v) is 3.10. The quantitative estimate of drug-likeness (QED) is 0.909. The Kier molecular flexibility index (Phi) is 6.45. The highest BCUT2D eigenvalue weighted by atomic mass is 16.6. The lowest BCUT2D eigenvalue weighted by Gasteiger charge is -2.37. The summed E-state index contributed by atoms with van der Waals surface area (Å²) in [4.78, 5) is 26.3. The molecular weight excluding hydrogens is 316 g/mol. The number of benzene rings is 1. The van der Waals surface area contributed by atoms with Crippen LogP contribution in [0.15, 0.2) is 30.3 Å². The molecule has 0 radical (unpaired) electrons. The molecule has 1 N–H and O–H groups in total. The molecule has 1 aromatic carbocycles. The molecule has 0 aromatic heterocycles. The van der Waals surface area contributed by atoms with Gasteiger partial charge in [-0.15, -0.1) is 0 Å². The molecular formula is C20H30N2O3. The third-order valence-corrected chi connectivity index (χ3v) is 4.43. The topological polar surface area (TPSA) is 58.6 Å². The van der Waals surface area contributed by atoms with Gasteiger partial charge >= 0.3 is 6.09 Å². The summed E-state index contributed by atoms with van der Waals surface area (Å²) >= 11 is 0. The Morgan fingerprint density at radius 1 is 1.24 bits per heavy atom. The Morgan fingerprint density at radius 2 is 1.92 bits per heavy atom. The molecule has 1 aliphatic heterocycles. The van der Waals surface area contributed by atoms with Gasteiger partial charge < -0.3 is 15.0 Å². The van der Waals surface area contributed by atoms with E-state index in [4.69, 9.17) is 4.74 Å². The summed E-state index contributed by atoms with van der Waals surface area (Å²) in [7, 11) is 0. The van der Waals surface area contributed by atoms with Crippen LogP contribution in [0, 0.1) is 5.92 Å². The van der Waals surface area contributed by atoms with Crippen LogP contribution in [0.5, 0.6) is 0 Å². The first-order valence-corrected chi connectivity index (χ1v) is 9.06. The molecule has 1 fully saturated rings. The van der Waals surface area contributed by atoms with Gasteiger partial charge in [0, 0.05) is 25.6 Å².